The van der Waals surface area contributed by atoms with Crippen molar-refractivity contribution in [2.75, 3.05) is 6.54 Å². The van der Waals surface area contributed by atoms with Crippen molar-refractivity contribution < 1.29 is 8.78 Å². The Hall–Kier alpha value is -0.960. The topological polar surface area (TPSA) is 12.0 Å². The monoisotopic (exact) mass is 265 g/mol. The van der Waals surface area contributed by atoms with Crippen LogP contribution in [0.1, 0.15) is 48.8 Å². The Morgan fingerprint density at radius 3 is 2.53 bits per heavy atom. The molecule has 0 spiro atoms. The van der Waals surface area contributed by atoms with Crippen LogP contribution in [0.2, 0.25) is 0 Å². The molecule has 3 heteroatoms. The Kier molecular flexibility index (Phi) is 3.57. The standard InChI is InChI=1S/C16H21F2N/c17-16(18,15-7-3-4-10-19-15)14-9-8-12-5-1-2-6-13(12)11-14/h8-9,11,15,19H,1-7,10H2. The summed E-state index contributed by atoms with van der Waals surface area (Å²) in [5.41, 5.74) is 2.61. The second kappa shape index (κ2) is 5.20. The molecule has 19 heavy (non-hydrogen) atoms. The number of nitrogens with one attached hydrogen (secondary N) is 1. The van der Waals surface area contributed by atoms with E-state index >= 15 is 0 Å². The van der Waals surface area contributed by atoms with Gasteiger partial charge in [-0.15, -0.1) is 0 Å². The third-order valence-electron chi connectivity index (χ3n) is 4.48. The van der Waals surface area contributed by atoms with Gasteiger partial charge in [-0.05, 0) is 62.3 Å². The molecule has 1 aliphatic carbocycles. The Morgan fingerprint density at radius 2 is 1.79 bits per heavy atom. The van der Waals surface area contributed by atoms with Gasteiger partial charge in [0.1, 0.15) is 0 Å². The van der Waals surface area contributed by atoms with Crippen molar-refractivity contribution in [2.45, 2.75) is 56.9 Å². The summed E-state index contributed by atoms with van der Waals surface area (Å²) in [7, 11) is 0. The highest BCUT2D eigenvalue weighted by molar-refractivity contribution is 5.36. The number of fused-ring (bicyclic) bond motifs is 1. The highest BCUT2D eigenvalue weighted by Gasteiger charge is 2.41. The molecule has 0 saturated carbocycles. The van der Waals surface area contributed by atoms with E-state index in [-0.39, 0.29) is 5.56 Å². The van der Waals surface area contributed by atoms with E-state index in [2.05, 4.69) is 5.32 Å². The van der Waals surface area contributed by atoms with Crippen molar-refractivity contribution in [1.82, 2.24) is 5.32 Å². The molecule has 1 nitrogen and oxygen atoms in total. The number of benzene rings is 1. The Bertz CT molecular complexity index is 450. The first kappa shape index (κ1) is 13.0. The molecule has 0 amide bonds. The summed E-state index contributed by atoms with van der Waals surface area (Å²) < 4.78 is 29.1. The highest BCUT2D eigenvalue weighted by atomic mass is 19.3. The smallest absolute Gasteiger partial charge is 0.288 e. The first-order valence-electron chi connectivity index (χ1n) is 7.41. The summed E-state index contributed by atoms with van der Waals surface area (Å²) in [6.45, 7) is 0.713. The average molecular weight is 265 g/mol. The van der Waals surface area contributed by atoms with Crippen LogP contribution < -0.4 is 5.32 Å². The normalized spacial score (nSPS) is 24.0. The molecule has 0 aromatic heterocycles. The van der Waals surface area contributed by atoms with E-state index in [4.69, 9.17) is 0 Å². The minimum Gasteiger partial charge on any atom is -0.308 e. The van der Waals surface area contributed by atoms with Crippen LogP contribution in [0.15, 0.2) is 18.2 Å². The van der Waals surface area contributed by atoms with Crippen LogP contribution in [0, 0.1) is 0 Å². The molecule has 1 fully saturated rings. The summed E-state index contributed by atoms with van der Waals surface area (Å²) in [6, 6.07) is 4.62. The molecule has 1 saturated heterocycles. The van der Waals surface area contributed by atoms with Gasteiger partial charge in [0.25, 0.3) is 5.92 Å². The first-order valence-corrected chi connectivity index (χ1v) is 7.41. The quantitative estimate of drug-likeness (QED) is 0.857. The van der Waals surface area contributed by atoms with E-state index in [0.29, 0.717) is 13.0 Å². The SMILES string of the molecule is FC(F)(c1ccc2c(c1)CCCC2)C1CCCCN1. The van der Waals surface area contributed by atoms with Crippen molar-refractivity contribution >= 4 is 0 Å². The van der Waals surface area contributed by atoms with Gasteiger partial charge in [0, 0.05) is 5.56 Å². The lowest BCUT2D eigenvalue weighted by molar-refractivity contribution is -0.0513. The predicted molar refractivity (Wildman–Crippen MR) is 72.6 cm³/mol. The molecule has 1 aromatic carbocycles. The molecular weight excluding hydrogens is 244 g/mol. The maximum Gasteiger partial charge on any atom is 0.288 e. The van der Waals surface area contributed by atoms with Crippen LogP contribution >= 0.6 is 0 Å². The van der Waals surface area contributed by atoms with Gasteiger partial charge in [0.15, 0.2) is 0 Å². The summed E-state index contributed by atoms with van der Waals surface area (Å²) in [4.78, 5) is 0. The fraction of sp³-hybridized carbons (Fsp3) is 0.625. The Labute approximate surface area is 113 Å². The van der Waals surface area contributed by atoms with Crippen molar-refractivity contribution in [2.24, 2.45) is 0 Å². The fourth-order valence-electron chi connectivity index (χ4n) is 3.30. The molecule has 1 aromatic rings. The number of aryl methyl sites for hydroxylation is 2. The minimum absolute atomic E-state index is 0.201. The number of rotatable bonds is 2. The molecule has 1 unspecified atom stereocenters. The highest BCUT2D eigenvalue weighted by Crippen LogP contribution is 2.37. The summed E-state index contributed by atoms with van der Waals surface area (Å²) in [6.07, 6.45) is 6.80. The molecular formula is C16H21F2N. The van der Waals surface area contributed by atoms with Crippen molar-refractivity contribution in [3.05, 3.63) is 34.9 Å². The third kappa shape index (κ3) is 2.53. The van der Waals surface area contributed by atoms with Gasteiger partial charge >= 0.3 is 0 Å². The molecule has 1 heterocycles. The molecule has 0 radical (unpaired) electrons. The second-order valence-corrected chi connectivity index (χ2v) is 5.82. The van der Waals surface area contributed by atoms with Crippen LogP contribution in [-0.4, -0.2) is 12.6 Å². The maximum atomic E-state index is 14.5. The fourth-order valence-corrected chi connectivity index (χ4v) is 3.30. The van der Waals surface area contributed by atoms with E-state index in [9.17, 15) is 8.78 Å². The number of hydrogen-bond donors (Lipinski definition) is 1. The number of halogens is 2. The van der Waals surface area contributed by atoms with Gasteiger partial charge in [-0.1, -0.05) is 18.6 Å². The van der Waals surface area contributed by atoms with Crippen molar-refractivity contribution in [1.29, 1.82) is 0 Å². The molecule has 1 N–H and O–H groups in total. The van der Waals surface area contributed by atoms with Crippen LogP contribution in [0.3, 0.4) is 0 Å². The first-order chi connectivity index (χ1) is 9.18. The Balaban J connectivity index is 1.87. The number of alkyl halides is 2. The van der Waals surface area contributed by atoms with Crippen molar-refractivity contribution in [3.63, 3.8) is 0 Å². The van der Waals surface area contributed by atoms with Crippen molar-refractivity contribution in [3.8, 4) is 0 Å². The lowest BCUT2D eigenvalue weighted by Gasteiger charge is -2.32. The molecule has 104 valence electrons. The van der Waals surface area contributed by atoms with Crippen LogP contribution in [0.5, 0.6) is 0 Å². The van der Waals surface area contributed by atoms with E-state index in [0.717, 1.165) is 37.7 Å². The lowest BCUT2D eigenvalue weighted by Crippen LogP contribution is -2.45. The average Bonchev–Trinajstić information content (AvgIpc) is 2.47. The number of hydrogen-bond acceptors (Lipinski definition) is 1. The predicted octanol–water partition coefficient (Wildman–Crippen LogP) is 3.80. The van der Waals surface area contributed by atoms with E-state index < -0.39 is 12.0 Å². The number of piperidine rings is 1. The zero-order valence-corrected chi connectivity index (χ0v) is 11.2. The maximum absolute atomic E-state index is 14.5. The molecule has 1 atom stereocenters. The minimum atomic E-state index is -2.74. The van der Waals surface area contributed by atoms with Gasteiger partial charge in [0.2, 0.25) is 0 Å². The van der Waals surface area contributed by atoms with E-state index in [1.54, 1.807) is 12.1 Å². The van der Waals surface area contributed by atoms with Gasteiger partial charge < -0.3 is 5.32 Å². The molecule has 2 aliphatic rings. The summed E-state index contributed by atoms with van der Waals surface area (Å²) in [5.74, 6) is -2.74. The van der Waals surface area contributed by atoms with E-state index in [1.807, 2.05) is 6.07 Å². The summed E-state index contributed by atoms with van der Waals surface area (Å²) >= 11 is 0. The second-order valence-electron chi connectivity index (χ2n) is 5.82. The zero-order chi connectivity index (χ0) is 13.3. The Morgan fingerprint density at radius 1 is 1.00 bits per heavy atom. The van der Waals surface area contributed by atoms with Crippen LogP contribution in [-0.2, 0) is 18.8 Å². The van der Waals surface area contributed by atoms with Crippen LogP contribution in [0.25, 0.3) is 0 Å². The molecule has 3 rings (SSSR count). The van der Waals surface area contributed by atoms with Gasteiger partial charge in [-0.3, -0.25) is 0 Å². The van der Waals surface area contributed by atoms with Crippen LogP contribution in [0.4, 0.5) is 8.78 Å². The van der Waals surface area contributed by atoms with Gasteiger partial charge in [0.05, 0.1) is 6.04 Å². The summed E-state index contributed by atoms with van der Waals surface area (Å²) in [5, 5.41) is 2.99. The zero-order valence-electron chi connectivity index (χ0n) is 11.2. The van der Waals surface area contributed by atoms with E-state index in [1.165, 1.54) is 12.0 Å². The molecule has 0 bridgehead atoms. The lowest BCUT2D eigenvalue weighted by atomic mass is 9.87. The molecule has 1 aliphatic heterocycles. The van der Waals surface area contributed by atoms with Gasteiger partial charge in [-0.2, -0.15) is 8.78 Å². The van der Waals surface area contributed by atoms with Gasteiger partial charge in [-0.25, -0.2) is 0 Å². The largest absolute Gasteiger partial charge is 0.308 e. The third-order valence-corrected chi connectivity index (χ3v) is 4.48.